The van der Waals surface area contributed by atoms with E-state index in [9.17, 15) is 9.59 Å². The summed E-state index contributed by atoms with van der Waals surface area (Å²) in [5.41, 5.74) is 0.407. The van der Waals surface area contributed by atoms with Gasteiger partial charge < -0.3 is 14.8 Å². The van der Waals surface area contributed by atoms with Crippen molar-refractivity contribution in [3.05, 3.63) is 58.1 Å². The van der Waals surface area contributed by atoms with E-state index in [1.165, 1.54) is 6.07 Å². The van der Waals surface area contributed by atoms with Gasteiger partial charge in [-0.2, -0.15) is 0 Å². The molecule has 0 aliphatic heterocycles. The fourth-order valence-corrected chi connectivity index (χ4v) is 2.53. The average Bonchev–Trinajstić information content (AvgIpc) is 2.63. The number of benzene rings is 2. The second-order valence-corrected chi connectivity index (χ2v) is 6.68. The van der Waals surface area contributed by atoms with E-state index in [1.54, 1.807) is 57.4 Å². The van der Waals surface area contributed by atoms with Gasteiger partial charge in [-0.25, -0.2) is 4.79 Å². The van der Waals surface area contributed by atoms with Crippen molar-refractivity contribution in [3.8, 4) is 11.5 Å². The van der Waals surface area contributed by atoms with E-state index in [0.29, 0.717) is 11.3 Å². The number of nitrogens with one attached hydrogen (secondary N) is 1. The molecule has 2 aromatic carbocycles. The summed E-state index contributed by atoms with van der Waals surface area (Å²) >= 11 is 12.0. The van der Waals surface area contributed by atoms with E-state index >= 15 is 0 Å². The first-order chi connectivity index (χ1) is 12.3. The van der Waals surface area contributed by atoms with Crippen LogP contribution < -0.4 is 14.8 Å². The Morgan fingerprint density at radius 2 is 1.69 bits per heavy atom. The van der Waals surface area contributed by atoms with Crippen molar-refractivity contribution in [1.82, 2.24) is 5.32 Å². The maximum absolute atomic E-state index is 12.5. The molecular weight excluding hydrogens is 377 g/mol. The first-order valence-electron chi connectivity index (χ1n) is 7.94. The summed E-state index contributed by atoms with van der Waals surface area (Å²) < 4.78 is 10.4. The van der Waals surface area contributed by atoms with Crippen LogP contribution in [0, 0.1) is 5.92 Å². The van der Waals surface area contributed by atoms with E-state index in [-0.39, 0.29) is 27.6 Å². The number of carbonyl (C=O) groups excluding carboxylic acids is 2. The van der Waals surface area contributed by atoms with Crippen molar-refractivity contribution in [2.75, 3.05) is 7.11 Å². The molecule has 138 valence electrons. The molecule has 0 spiro atoms. The van der Waals surface area contributed by atoms with Gasteiger partial charge in [0.25, 0.3) is 5.91 Å². The summed E-state index contributed by atoms with van der Waals surface area (Å²) in [7, 11) is 1.54. The van der Waals surface area contributed by atoms with Crippen molar-refractivity contribution in [3.63, 3.8) is 0 Å². The predicted octanol–water partition coefficient (Wildman–Crippen LogP) is 4.36. The first kappa shape index (κ1) is 20.1. The lowest BCUT2D eigenvalue weighted by molar-refractivity contribution is -0.137. The molecule has 1 amide bonds. The first-order valence-corrected chi connectivity index (χ1v) is 8.69. The van der Waals surface area contributed by atoms with E-state index < -0.39 is 12.0 Å². The van der Waals surface area contributed by atoms with Gasteiger partial charge in [-0.1, -0.05) is 43.1 Å². The number of methoxy groups -OCH3 is 1. The lowest BCUT2D eigenvalue weighted by atomic mass is 10.0. The number of esters is 1. The summed E-state index contributed by atoms with van der Waals surface area (Å²) in [5.74, 6) is -0.417. The Balaban J connectivity index is 2.13. The summed E-state index contributed by atoms with van der Waals surface area (Å²) in [6, 6.07) is 10.5. The topological polar surface area (TPSA) is 64.6 Å². The van der Waals surface area contributed by atoms with Crippen LogP contribution in [-0.2, 0) is 4.79 Å². The number of hydrogen-bond acceptors (Lipinski definition) is 4. The molecule has 0 radical (unpaired) electrons. The maximum atomic E-state index is 12.5. The second kappa shape index (κ2) is 8.92. The lowest BCUT2D eigenvalue weighted by Crippen LogP contribution is -2.46. The molecule has 0 aliphatic carbocycles. The predicted molar refractivity (Wildman–Crippen MR) is 101 cm³/mol. The third kappa shape index (κ3) is 4.90. The van der Waals surface area contributed by atoms with E-state index in [4.69, 9.17) is 32.7 Å². The van der Waals surface area contributed by atoms with Crippen LogP contribution >= 0.6 is 23.2 Å². The Hall–Kier alpha value is -2.24. The van der Waals surface area contributed by atoms with Crippen LogP contribution in [0.4, 0.5) is 0 Å². The number of carbonyl (C=O) groups is 2. The quantitative estimate of drug-likeness (QED) is 0.582. The zero-order valence-electron chi connectivity index (χ0n) is 14.6. The van der Waals surface area contributed by atoms with Crippen LogP contribution in [-0.4, -0.2) is 25.0 Å². The maximum Gasteiger partial charge on any atom is 0.334 e. The molecule has 0 unspecified atom stereocenters. The SMILES string of the molecule is COc1ccc(C(=O)N[C@H](C(=O)Oc2cccc(Cl)c2Cl)C(C)C)cc1. The monoisotopic (exact) mass is 395 g/mol. The van der Waals surface area contributed by atoms with Crippen LogP contribution in [0.3, 0.4) is 0 Å². The van der Waals surface area contributed by atoms with Gasteiger partial charge in [0.05, 0.1) is 12.1 Å². The highest BCUT2D eigenvalue weighted by Crippen LogP contribution is 2.31. The van der Waals surface area contributed by atoms with Crippen molar-refractivity contribution in [1.29, 1.82) is 0 Å². The molecule has 5 nitrogen and oxygen atoms in total. The average molecular weight is 396 g/mol. The minimum absolute atomic E-state index is 0.145. The molecule has 0 bridgehead atoms. The molecule has 7 heteroatoms. The number of amides is 1. The van der Waals surface area contributed by atoms with Crippen LogP contribution in [0.1, 0.15) is 24.2 Å². The molecule has 0 saturated carbocycles. The Kier molecular flexibility index (Phi) is 6.89. The molecular formula is C19H19Cl2NO4. The van der Waals surface area contributed by atoms with Crippen LogP contribution in [0.15, 0.2) is 42.5 Å². The highest BCUT2D eigenvalue weighted by molar-refractivity contribution is 6.43. The van der Waals surface area contributed by atoms with Crippen molar-refractivity contribution in [2.45, 2.75) is 19.9 Å². The minimum Gasteiger partial charge on any atom is -0.497 e. The molecule has 2 aromatic rings. The van der Waals surface area contributed by atoms with Crippen LogP contribution in [0.25, 0.3) is 0 Å². The van der Waals surface area contributed by atoms with Gasteiger partial charge >= 0.3 is 5.97 Å². The molecule has 0 heterocycles. The molecule has 1 N–H and O–H groups in total. The highest BCUT2D eigenvalue weighted by atomic mass is 35.5. The molecule has 2 rings (SSSR count). The van der Waals surface area contributed by atoms with E-state index in [1.807, 2.05) is 0 Å². The molecule has 0 saturated heterocycles. The van der Waals surface area contributed by atoms with Crippen LogP contribution in [0.5, 0.6) is 11.5 Å². The molecule has 0 fully saturated rings. The Morgan fingerprint density at radius 1 is 1.04 bits per heavy atom. The number of rotatable bonds is 6. The van der Waals surface area contributed by atoms with Gasteiger partial charge in [-0.15, -0.1) is 0 Å². The fraction of sp³-hybridized carbons (Fsp3) is 0.263. The third-order valence-electron chi connectivity index (χ3n) is 3.69. The number of hydrogen-bond donors (Lipinski definition) is 1. The fourth-order valence-electron chi connectivity index (χ4n) is 2.20. The summed E-state index contributed by atoms with van der Waals surface area (Å²) in [6.45, 7) is 3.61. The second-order valence-electron chi connectivity index (χ2n) is 5.90. The molecule has 0 aliphatic rings. The van der Waals surface area contributed by atoms with Gasteiger partial charge in [0, 0.05) is 5.56 Å². The van der Waals surface area contributed by atoms with Crippen molar-refractivity contribution in [2.24, 2.45) is 5.92 Å². The summed E-state index contributed by atoms with van der Waals surface area (Å²) in [6.07, 6.45) is 0. The number of ether oxygens (including phenoxy) is 2. The summed E-state index contributed by atoms with van der Waals surface area (Å²) in [4.78, 5) is 25.0. The minimum atomic E-state index is -0.848. The van der Waals surface area contributed by atoms with Gasteiger partial charge in [0.1, 0.15) is 16.8 Å². The van der Waals surface area contributed by atoms with Crippen molar-refractivity contribution < 1.29 is 19.1 Å². The Labute approximate surface area is 162 Å². The van der Waals surface area contributed by atoms with Gasteiger partial charge in [0.2, 0.25) is 0 Å². The van der Waals surface area contributed by atoms with Crippen LogP contribution in [0.2, 0.25) is 10.0 Å². The van der Waals surface area contributed by atoms with Gasteiger partial charge in [0.15, 0.2) is 5.75 Å². The normalized spacial score (nSPS) is 11.8. The van der Waals surface area contributed by atoms with Gasteiger partial charge in [-0.3, -0.25) is 4.79 Å². The molecule has 1 atom stereocenters. The lowest BCUT2D eigenvalue weighted by Gasteiger charge is -2.21. The third-order valence-corrected chi connectivity index (χ3v) is 4.49. The standard InChI is InChI=1S/C19H19Cl2NO4/c1-11(2)17(19(24)26-15-6-4-5-14(20)16(15)21)22-18(23)12-7-9-13(25-3)10-8-12/h4-11,17H,1-3H3,(H,22,23)/t17-/m0/s1. The zero-order valence-corrected chi connectivity index (χ0v) is 16.1. The van der Waals surface area contributed by atoms with E-state index in [2.05, 4.69) is 5.32 Å². The zero-order chi connectivity index (χ0) is 19.3. The highest BCUT2D eigenvalue weighted by Gasteiger charge is 2.27. The van der Waals surface area contributed by atoms with E-state index in [0.717, 1.165) is 0 Å². The smallest absolute Gasteiger partial charge is 0.334 e. The van der Waals surface area contributed by atoms with Crippen molar-refractivity contribution >= 4 is 35.1 Å². The Morgan fingerprint density at radius 3 is 2.27 bits per heavy atom. The summed E-state index contributed by atoms with van der Waals surface area (Å²) in [5, 5.41) is 3.12. The molecule has 0 aromatic heterocycles. The Bertz CT molecular complexity index is 791. The molecule has 26 heavy (non-hydrogen) atoms. The van der Waals surface area contributed by atoms with Gasteiger partial charge in [-0.05, 0) is 42.3 Å². The number of halogens is 2. The largest absolute Gasteiger partial charge is 0.497 e.